The Morgan fingerprint density at radius 3 is 2.45 bits per heavy atom. The van der Waals surface area contributed by atoms with Gasteiger partial charge in [-0.05, 0) is 18.1 Å². The summed E-state index contributed by atoms with van der Waals surface area (Å²) in [5.74, 6) is 0.968. The SMILES string of the molecule is CC(C)c1ccc(C(=O)Nc2cnoc2C(C)C)cn1. The summed E-state index contributed by atoms with van der Waals surface area (Å²) in [6.45, 7) is 8.09. The number of hydrogen-bond acceptors (Lipinski definition) is 4. The third-order valence-corrected chi connectivity index (χ3v) is 3.01. The highest BCUT2D eigenvalue weighted by molar-refractivity contribution is 6.04. The molecule has 1 N–H and O–H groups in total. The molecular formula is C15H19N3O2. The van der Waals surface area contributed by atoms with Crippen LogP contribution in [-0.2, 0) is 0 Å². The summed E-state index contributed by atoms with van der Waals surface area (Å²) in [5, 5.41) is 6.52. The molecule has 106 valence electrons. The van der Waals surface area contributed by atoms with E-state index in [1.165, 1.54) is 6.20 Å². The number of hydrogen-bond donors (Lipinski definition) is 1. The van der Waals surface area contributed by atoms with Gasteiger partial charge in [-0.25, -0.2) is 0 Å². The smallest absolute Gasteiger partial charge is 0.257 e. The van der Waals surface area contributed by atoms with Gasteiger partial charge in [0, 0.05) is 17.8 Å². The van der Waals surface area contributed by atoms with Crippen LogP contribution in [0.3, 0.4) is 0 Å². The lowest BCUT2D eigenvalue weighted by atomic mass is 10.1. The van der Waals surface area contributed by atoms with Crippen LogP contribution in [0.1, 0.15) is 61.3 Å². The lowest BCUT2D eigenvalue weighted by Crippen LogP contribution is -2.13. The minimum Gasteiger partial charge on any atom is -0.359 e. The number of anilines is 1. The van der Waals surface area contributed by atoms with E-state index in [1.54, 1.807) is 12.3 Å². The van der Waals surface area contributed by atoms with Gasteiger partial charge in [-0.1, -0.05) is 32.9 Å². The van der Waals surface area contributed by atoms with Crippen molar-refractivity contribution in [3.8, 4) is 0 Å². The maximum Gasteiger partial charge on any atom is 0.257 e. The first-order valence-corrected chi connectivity index (χ1v) is 6.71. The highest BCUT2D eigenvalue weighted by atomic mass is 16.5. The van der Waals surface area contributed by atoms with Crippen molar-refractivity contribution in [1.82, 2.24) is 10.1 Å². The second-order valence-electron chi connectivity index (χ2n) is 5.34. The van der Waals surface area contributed by atoms with Crippen molar-refractivity contribution in [1.29, 1.82) is 0 Å². The number of nitrogens with one attached hydrogen (secondary N) is 1. The summed E-state index contributed by atoms with van der Waals surface area (Å²) in [7, 11) is 0. The van der Waals surface area contributed by atoms with E-state index in [1.807, 2.05) is 19.9 Å². The maximum absolute atomic E-state index is 12.1. The second-order valence-corrected chi connectivity index (χ2v) is 5.34. The molecule has 0 aliphatic rings. The predicted molar refractivity (Wildman–Crippen MR) is 76.9 cm³/mol. The molecule has 2 rings (SSSR count). The highest BCUT2D eigenvalue weighted by Gasteiger charge is 2.15. The molecule has 0 aliphatic carbocycles. The zero-order valence-corrected chi connectivity index (χ0v) is 12.2. The molecule has 0 saturated carbocycles. The fourth-order valence-electron chi connectivity index (χ4n) is 1.83. The standard InChI is InChI=1S/C15H19N3O2/c1-9(2)12-6-5-11(7-16-12)15(19)18-13-8-17-20-14(13)10(3)4/h5-10H,1-4H3,(H,18,19). The molecule has 20 heavy (non-hydrogen) atoms. The van der Waals surface area contributed by atoms with Crippen molar-refractivity contribution in [2.24, 2.45) is 0 Å². The van der Waals surface area contributed by atoms with Gasteiger partial charge in [-0.2, -0.15) is 0 Å². The predicted octanol–water partition coefficient (Wildman–Crippen LogP) is 3.57. The maximum atomic E-state index is 12.1. The largest absolute Gasteiger partial charge is 0.359 e. The first kappa shape index (κ1) is 14.2. The first-order valence-electron chi connectivity index (χ1n) is 6.71. The summed E-state index contributed by atoms with van der Waals surface area (Å²) < 4.78 is 5.13. The van der Waals surface area contributed by atoms with E-state index in [9.17, 15) is 4.79 Å². The molecule has 0 spiro atoms. The topological polar surface area (TPSA) is 68.0 Å². The summed E-state index contributed by atoms with van der Waals surface area (Å²) >= 11 is 0. The van der Waals surface area contributed by atoms with Gasteiger partial charge in [0.2, 0.25) is 0 Å². The van der Waals surface area contributed by atoms with Crippen LogP contribution >= 0.6 is 0 Å². The lowest BCUT2D eigenvalue weighted by molar-refractivity contribution is 0.102. The Kier molecular flexibility index (Phi) is 4.17. The van der Waals surface area contributed by atoms with Crippen LogP contribution in [-0.4, -0.2) is 16.0 Å². The van der Waals surface area contributed by atoms with E-state index >= 15 is 0 Å². The van der Waals surface area contributed by atoms with Gasteiger partial charge in [-0.3, -0.25) is 9.78 Å². The molecule has 0 radical (unpaired) electrons. The van der Waals surface area contributed by atoms with Crippen molar-refractivity contribution >= 4 is 11.6 Å². The Morgan fingerprint density at radius 1 is 1.15 bits per heavy atom. The van der Waals surface area contributed by atoms with Crippen LogP contribution in [0.25, 0.3) is 0 Å². The minimum atomic E-state index is -0.210. The normalized spacial score (nSPS) is 11.1. The molecule has 0 aliphatic heterocycles. The van der Waals surface area contributed by atoms with Crippen LogP contribution in [0.4, 0.5) is 5.69 Å². The van der Waals surface area contributed by atoms with Gasteiger partial charge in [0.15, 0.2) is 5.76 Å². The Morgan fingerprint density at radius 2 is 1.90 bits per heavy atom. The number of nitrogens with zero attached hydrogens (tertiary/aromatic N) is 2. The van der Waals surface area contributed by atoms with E-state index in [0.29, 0.717) is 22.9 Å². The van der Waals surface area contributed by atoms with Gasteiger partial charge >= 0.3 is 0 Å². The fraction of sp³-hybridized carbons (Fsp3) is 0.400. The monoisotopic (exact) mass is 273 g/mol. The number of rotatable bonds is 4. The molecule has 2 heterocycles. The van der Waals surface area contributed by atoms with Gasteiger partial charge in [0.05, 0.1) is 11.8 Å². The van der Waals surface area contributed by atoms with E-state index < -0.39 is 0 Å². The zero-order valence-electron chi connectivity index (χ0n) is 12.2. The summed E-state index contributed by atoms with van der Waals surface area (Å²) in [4.78, 5) is 16.4. The molecule has 0 saturated heterocycles. The molecule has 0 unspecified atom stereocenters. The van der Waals surface area contributed by atoms with Crippen LogP contribution in [0.5, 0.6) is 0 Å². The van der Waals surface area contributed by atoms with Crippen molar-refractivity contribution in [2.45, 2.75) is 39.5 Å². The average Bonchev–Trinajstić information content (AvgIpc) is 2.87. The van der Waals surface area contributed by atoms with E-state index in [2.05, 4.69) is 29.3 Å². The van der Waals surface area contributed by atoms with Crippen LogP contribution in [0.2, 0.25) is 0 Å². The van der Waals surface area contributed by atoms with Crippen molar-refractivity contribution < 1.29 is 9.32 Å². The Bertz CT molecular complexity index is 585. The number of carbonyl (C=O) groups is 1. The van der Waals surface area contributed by atoms with Crippen molar-refractivity contribution in [2.75, 3.05) is 5.32 Å². The van der Waals surface area contributed by atoms with Gasteiger partial charge < -0.3 is 9.84 Å². The third kappa shape index (κ3) is 3.04. The second kappa shape index (κ2) is 5.86. The quantitative estimate of drug-likeness (QED) is 0.924. The Hall–Kier alpha value is -2.17. The molecule has 0 atom stereocenters. The molecule has 5 heteroatoms. The zero-order chi connectivity index (χ0) is 14.7. The lowest BCUT2D eigenvalue weighted by Gasteiger charge is -2.07. The third-order valence-electron chi connectivity index (χ3n) is 3.01. The average molecular weight is 273 g/mol. The number of amides is 1. The molecule has 5 nitrogen and oxygen atoms in total. The molecular weight excluding hydrogens is 254 g/mol. The van der Waals surface area contributed by atoms with E-state index in [-0.39, 0.29) is 11.8 Å². The summed E-state index contributed by atoms with van der Waals surface area (Å²) in [5.41, 5.74) is 2.10. The Labute approximate surface area is 118 Å². The molecule has 2 aromatic heterocycles. The fourth-order valence-corrected chi connectivity index (χ4v) is 1.83. The summed E-state index contributed by atoms with van der Waals surface area (Å²) in [6.07, 6.45) is 3.11. The first-order chi connectivity index (χ1) is 9.49. The van der Waals surface area contributed by atoms with Crippen LogP contribution < -0.4 is 5.32 Å². The van der Waals surface area contributed by atoms with Crippen molar-refractivity contribution in [3.63, 3.8) is 0 Å². The van der Waals surface area contributed by atoms with E-state index in [0.717, 1.165) is 5.69 Å². The number of carbonyl (C=O) groups excluding carboxylic acids is 1. The van der Waals surface area contributed by atoms with Crippen molar-refractivity contribution in [3.05, 3.63) is 41.5 Å². The van der Waals surface area contributed by atoms with Crippen LogP contribution in [0, 0.1) is 0 Å². The Balaban J connectivity index is 2.13. The van der Waals surface area contributed by atoms with E-state index in [4.69, 9.17) is 4.52 Å². The molecule has 0 aromatic carbocycles. The highest BCUT2D eigenvalue weighted by Crippen LogP contribution is 2.24. The van der Waals surface area contributed by atoms with Gasteiger partial charge in [0.25, 0.3) is 5.91 Å². The molecule has 0 fully saturated rings. The summed E-state index contributed by atoms with van der Waals surface area (Å²) in [6, 6.07) is 3.65. The number of pyridine rings is 1. The van der Waals surface area contributed by atoms with Gasteiger partial charge in [-0.15, -0.1) is 0 Å². The molecule has 0 bridgehead atoms. The molecule has 2 aromatic rings. The molecule has 1 amide bonds. The minimum absolute atomic E-state index is 0.161. The van der Waals surface area contributed by atoms with Gasteiger partial charge in [0.1, 0.15) is 5.69 Å². The number of aromatic nitrogens is 2. The van der Waals surface area contributed by atoms with Crippen LogP contribution in [0.15, 0.2) is 29.0 Å².